The average Bonchev–Trinajstić information content (AvgIpc) is 3.13. The van der Waals surface area contributed by atoms with Gasteiger partial charge >= 0.3 is 6.61 Å². The lowest BCUT2D eigenvalue weighted by Gasteiger charge is -2.26. The van der Waals surface area contributed by atoms with Crippen LogP contribution in [0.5, 0.6) is 5.75 Å². The van der Waals surface area contributed by atoms with Crippen molar-refractivity contribution in [1.82, 2.24) is 9.97 Å². The number of aliphatic imine (C=N–C) groups is 1. The van der Waals surface area contributed by atoms with Crippen LogP contribution in [0.1, 0.15) is 11.1 Å². The van der Waals surface area contributed by atoms with Gasteiger partial charge in [0.05, 0.1) is 5.02 Å². The molecular formula is C20H15ClF2N4O2. The number of ether oxygens (including phenoxy) is 2. The van der Waals surface area contributed by atoms with Gasteiger partial charge in [0.15, 0.2) is 5.54 Å². The zero-order valence-corrected chi connectivity index (χ0v) is 15.7. The Kier molecular flexibility index (Phi) is 5.02. The molecule has 0 radical (unpaired) electrons. The zero-order valence-electron chi connectivity index (χ0n) is 14.9. The van der Waals surface area contributed by atoms with E-state index in [9.17, 15) is 8.78 Å². The summed E-state index contributed by atoms with van der Waals surface area (Å²) in [5.41, 5.74) is 7.97. The molecule has 3 aromatic rings. The first-order valence-electron chi connectivity index (χ1n) is 8.57. The van der Waals surface area contributed by atoms with Crippen LogP contribution in [0, 0.1) is 0 Å². The second-order valence-electron chi connectivity index (χ2n) is 6.33. The van der Waals surface area contributed by atoms with Gasteiger partial charge in [0.1, 0.15) is 18.7 Å². The van der Waals surface area contributed by atoms with Gasteiger partial charge in [-0.15, -0.1) is 0 Å². The predicted molar refractivity (Wildman–Crippen MR) is 104 cm³/mol. The molecule has 2 heterocycles. The van der Waals surface area contributed by atoms with Crippen LogP contribution >= 0.6 is 11.6 Å². The van der Waals surface area contributed by atoms with E-state index in [0.29, 0.717) is 5.56 Å². The Hall–Kier alpha value is -3.26. The molecule has 6 nitrogen and oxygen atoms in total. The van der Waals surface area contributed by atoms with E-state index in [2.05, 4.69) is 19.7 Å². The minimum atomic E-state index is -2.97. The zero-order chi connectivity index (χ0) is 20.4. The Balaban J connectivity index is 1.81. The van der Waals surface area contributed by atoms with Crippen LogP contribution in [-0.2, 0) is 10.3 Å². The van der Waals surface area contributed by atoms with E-state index in [0.717, 1.165) is 16.7 Å². The van der Waals surface area contributed by atoms with Crippen LogP contribution in [-0.4, -0.2) is 29.2 Å². The number of rotatable bonds is 5. The lowest BCUT2D eigenvalue weighted by Crippen LogP contribution is -2.27. The number of benzene rings is 2. The average molecular weight is 417 g/mol. The second kappa shape index (κ2) is 7.63. The summed E-state index contributed by atoms with van der Waals surface area (Å²) in [7, 11) is 0. The number of amidine groups is 1. The molecule has 0 spiro atoms. The molecule has 0 amide bonds. The van der Waals surface area contributed by atoms with Crippen molar-refractivity contribution in [1.29, 1.82) is 0 Å². The number of nitrogens with zero attached hydrogens (tertiary/aromatic N) is 3. The SMILES string of the molecule is NC1=NC(c2cccc(-c3cncnc3)c2)(c2ccc(OC(F)F)c(Cl)c2)CO1. The first-order valence-corrected chi connectivity index (χ1v) is 8.94. The van der Waals surface area contributed by atoms with E-state index in [4.69, 9.17) is 22.1 Å². The molecule has 4 rings (SSSR count). The predicted octanol–water partition coefficient (Wildman–Crippen LogP) is 3.99. The normalized spacial score (nSPS) is 18.4. The molecule has 9 heteroatoms. The van der Waals surface area contributed by atoms with Crippen molar-refractivity contribution in [3.8, 4) is 16.9 Å². The van der Waals surface area contributed by atoms with Crippen LogP contribution in [0.4, 0.5) is 8.78 Å². The largest absolute Gasteiger partial charge is 0.462 e. The topological polar surface area (TPSA) is 82.6 Å². The number of hydrogen-bond donors (Lipinski definition) is 1. The van der Waals surface area contributed by atoms with Crippen LogP contribution in [0.2, 0.25) is 5.02 Å². The van der Waals surface area contributed by atoms with Crippen LogP contribution < -0.4 is 10.5 Å². The van der Waals surface area contributed by atoms with E-state index in [-0.39, 0.29) is 23.4 Å². The molecule has 0 aliphatic carbocycles. The first-order chi connectivity index (χ1) is 14.0. The molecule has 1 unspecified atom stereocenters. The highest BCUT2D eigenvalue weighted by Gasteiger charge is 2.40. The summed E-state index contributed by atoms with van der Waals surface area (Å²) in [6, 6.07) is 12.2. The highest BCUT2D eigenvalue weighted by atomic mass is 35.5. The van der Waals surface area contributed by atoms with Crippen LogP contribution in [0.3, 0.4) is 0 Å². The Bertz CT molecular complexity index is 1070. The highest BCUT2D eigenvalue weighted by Crippen LogP contribution is 2.41. The van der Waals surface area contributed by atoms with Crippen molar-refractivity contribution in [3.05, 3.63) is 77.3 Å². The van der Waals surface area contributed by atoms with Crippen molar-refractivity contribution in [3.63, 3.8) is 0 Å². The van der Waals surface area contributed by atoms with Gasteiger partial charge in [-0.1, -0.05) is 35.9 Å². The number of alkyl halides is 2. The lowest BCUT2D eigenvalue weighted by atomic mass is 9.83. The van der Waals surface area contributed by atoms with Crippen LogP contribution in [0.15, 0.2) is 66.2 Å². The van der Waals surface area contributed by atoms with Gasteiger partial charge in [-0.2, -0.15) is 8.78 Å². The van der Waals surface area contributed by atoms with Gasteiger partial charge in [-0.3, -0.25) is 0 Å². The molecule has 0 saturated carbocycles. The summed E-state index contributed by atoms with van der Waals surface area (Å²) in [5, 5.41) is 0.0375. The van der Waals surface area contributed by atoms with Crippen molar-refractivity contribution < 1.29 is 18.3 Å². The number of hydrogen-bond acceptors (Lipinski definition) is 6. The molecule has 2 aromatic carbocycles. The maximum atomic E-state index is 12.5. The highest BCUT2D eigenvalue weighted by molar-refractivity contribution is 6.32. The third kappa shape index (κ3) is 3.71. The molecule has 1 aliphatic rings. The summed E-state index contributed by atoms with van der Waals surface area (Å²) in [6.07, 6.45) is 4.86. The molecule has 0 fully saturated rings. The maximum absolute atomic E-state index is 12.5. The van der Waals surface area contributed by atoms with Crippen LogP contribution in [0.25, 0.3) is 11.1 Å². The van der Waals surface area contributed by atoms with Crippen molar-refractivity contribution in [2.24, 2.45) is 10.7 Å². The monoisotopic (exact) mass is 416 g/mol. The van der Waals surface area contributed by atoms with Gasteiger partial charge in [0.2, 0.25) is 0 Å². The molecule has 1 atom stereocenters. The molecule has 29 heavy (non-hydrogen) atoms. The first kappa shape index (κ1) is 19.1. The van der Waals surface area contributed by atoms with E-state index in [1.807, 2.05) is 24.3 Å². The third-order valence-electron chi connectivity index (χ3n) is 4.59. The summed E-state index contributed by atoms with van der Waals surface area (Å²) in [5.74, 6) is -0.119. The number of aromatic nitrogens is 2. The summed E-state index contributed by atoms with van der Waals surface area (Å²) < 4.78 is 35.0. The Morgan fingerprint density at radius 2 is 1.83 bits per heavy atom. The fourth-order valence-electron chi connectivity index (χ4n) is 3.25. The van der Waals surface area contributed by atoms with E-state index >= 15 is 0 Å². The Labute approximate surface area is 170 Å². The van der Waals surface area contributed by atoms with Gasteiger partial charge in [-0.25, -0.2) is 15.0 Å². The maximum Gasteiger partial charge on any atom is 0.387 e. The van der Waals surface area contributed by atoms with Crippen molar-refractivity contribution in [2.45, 2.75) is 12.2 Å². The summed E-state index contributed by atoms with van der Waals surface area (Å²) in [6.45, 7) is -2.83. The third-order valence-corrected chi connectivity index (χ3v) is 4.88. The molecule has 0 saturated heterocycles. The van der Waals surface area contributed by atoms with E-state index in [1.54, 1.807) is 18.5 Å². The van der Waals surface area contributed by atoms with Crippen molar-refractivity contribution in [2.75, 3.05) is 6.61 Å². The Morgan fingerprint density at radius 1 is 1.07 bits per heavy atom. The smallest absolute Gasteiger partial charge is 0.387 e. The van der Waals surface area contributed by atoms with Gasteiger partial charge in [0, 0.05) is 18.0 Å². The minimum Gasteiger partial charge on any atom is -0.462 e. The number of halogens is 3. The minimum absolute atomic E-state index is 0.0301. The molecule has 0 bridgehead atoms. The van der Waals surface area contributed by atoms with Gasteiger partial charge < -0.3 is 15.2 Å². The fourth-order valence-corrected chi connectivity index (χ4v) is 3.47. The molecular weight excluding hydrogens is 402 g/mol. The fraction of sp³-hybridized carbons (Fsp3) is 0.150. The van der Waals surface area contributed by atoms with Gasteiger partial charge in [-0.05, 0) is 34.9 Å². The summed E-state index contributed by atoms with van der Waals surface area (Å²) >= 11 is 6.17. The van der Waals surface area contributed by atoms with E-state index < -0.39 is 12.2 Å². The molecule has 1 aliphatic heterocycles. The quantitative estimate of drug-likeness (QED) is 0.680. The molecule has 1 aromatic heterocycles. The Morgan fingerprint density at radius 3 is 2.48 bits per heavy atom. The van der Waals surface area contributed by atoms with Crippen molar-refractivity contribution >= 4 is 17.6 Å². The molecule has 2 N–H and O–H groups in total. The molecule has 148 valence electrons. The standard InChI is InChI=1S/C20H15ClF2N4O2/c21-16-7-15(4-5-17(16)29-18(22)23)20(10-28-19(24)27-20)14-3-1-2-12(6-14)13-8-25-11-26-9-13/h1-9,11,18H,10H2,(H2,24,27). The summed E-state index contributed by atoms with van der Waals surface area (Å²) in [4.78, 5) is 12.6. The lowest BCUT2D eigenvalue weighted by molar-refractivity contribution is -0.0498. The van der Waals surface area contributed by atoms with Gasteiger partial charge in [0.25, 0.3) is 6.02 Å². The second-order valence-corrected chi connectivity index (χ2v) is 6.74. The van der Waals surface area contributed by atoms with E-state index in [1.165, 1.54) is 18.5 Å². The number of nitrogens with two attached hydrogens (primary N) is 1.